The molecule has 24 heavy (non-hydrogen) atoms. The van der Waals surface area contributed by atoms with E-state index in [1.165, 1.54) is 5.56 Å². The summed E-state index contributed by atoms with van der Waals surface area (Å²) in [4.78, 5) is 8.58. The van der Waals surface area contributed by atoms with Crippen LogP contribution in [-0.2, 0) is 0 Å². The van der Waals surface area contributed by atoms with Crippen LogP contribution in [0.4, 0.5) is 0 Å². The van der Waals surface area contributed by atoms with E-state index in [1.54, 1.807) is 10.9 Å². The Morgan fingerprint density at radius 1 is 1.00 bits per heavy atom. The molecule has 3 heterocycles. The molecular formula is C17H14N6O. The summed E-state index contributed by atoms with van der Waals surface area (Å²) in [6.07, 6.45) is 1.68. The van der Waals surface area contributed by atoms with E-state index in [4.69, 9.17) is 4.52 Å². The molecule has 0 spiro atoms. The molecule has 0 aliphatic heterocycles. The minimum absolute atomic E-state index is 0.356. The van der Waals surface area contributed by atoms with E-state index in [9.17, 15) is 0 Å². The minimum Gasteiger partial charge on any atom is -0.332 e. The van der Waals surface area contributed by atoms with Crippen LogP contribution >= 0.6 is 0 Å². The zero-order chi connectivity index (χ0) is 16.5. The summed E-state index contributed by atoms with van der Waals surface area (Å²) in [7, 11) is 0. The van der Waals surface area contributed by atoms with Gasteiger partial charge in [0.05, 0.1) is 11.4 Å². The third-order valence-electron chi connectivity index (χ3n) is 3.69. The van der Waals surface area contributed by atoms with Gasteiger partial charge in [0, 0.05) is 6.20 Å². The van der Waals surface area contributed by atoms with Crippen molar-refractivity contribution in [1.29, 1.82) is 0 Å². The fraction of sp³-hybridized carbons (Fsp3) is 0.118. The minimum atomic E-state index is 0.356. The predicted molar refractivity (Wildman–Crippen MR) is 87.4 cm³/mol. The Labute approximate surface area is 138 Å². The highest BCUT2D eigenvalue weighted by molar-refractivity contribution is 5.56. The van der Waals surface area contributed by atoms with Crippen LogP contribution in [0.2, 0.25) is 0 Å². The topological polar surface area (TPSA) is 82.5 Å². The Kier molecular flexibility index (Phi) is 3.38. The second-order valence-electron chi connectivity index (χ2n) is 5.41. The van der Waals surface area contributed by atoms with Crippen molar-refractivity contribution in [2.75, 3.05) is 0 Å². The average molecular weight is 318 g/mol. The Morgan fingerprint density at radius 3 is 2.58 bits per heavy atom. The molecule has 0 N–H and O–H groups in total. The quantitative estimate of drug-likeness (QED) is 0.577. The number of benzene rings is 1. The standard InChI is InChI=1S/C17H14N6O/c1-11-6-8-13(9-7-11)23-12(2)15(20-22-23)16-19-17(24-21-16)14-5-3-4-10-18-14/h3-10H,1-2H3. The lowest BCUT2D eigenvalue weighted by atomic mass is 10.2. The van der Waals surface area contributed by atoms with E-state index in [1.807, 2.05) is 56.3 Å². The number of aryl methyl sites for hydroxylation is 1. The summed E-state index contributed by atoms with van der Waals surface area (Å²) in [6.45, 7) is 3.97. The van der Waals surface area contributed by atoms with Gasteiger partial charge in [-0.3, -0.25) is 4.98 Å². The number of hydrogen-bond acceptors (Lipinski definition) is 6. The highest BCUT2D eigenvalue weighted by Crippen LogP contribution is 2.23. The predicted octanol–water partition coefficient (Wildman–Crippen LogP) is 3.00. The molecule has 1 aromatic carbocycles. The van der Waals surface area contributed by atoms with Crippen molar-refractivity contribution in [3.8, 4) is 28.8 Å². The molecule has 0 unspecified atom stereocenters. The Balaban J connectivity index is 1.71. The van der Waals surface area contributed by atoms with Gasteiger partial charge in [-0.05, 0) is 38.1 Å². The number of aromatic nitrogens is 6. The molecular weight excluding hydrogens is 304 g/mol. The molecule has 118 valence electrons. The summed E-state index contributed by atoms with van der Waals surface area (Å²) in [6, 6.07) is 13.6. The van der Waals surface area contributed by atoms with E-state index >= 15 is 0 Å². The SMILES string of the molecule is Cc1ccc(-n2nnc(-c3noc(-c4ccccn4)n3)c2C)cc1. The fourth-order valence-corrected chi connectivity index (χ4v) is 2.38. The molecule has 7 heteroatoms. The van der Waals surface area contributed by atoms with Crippen LogP contribution in [0.1, 0.15) is 11.3 Å². The van der Waals surface area contributed by atoms with Gasteiger partial charge in [-0.2, -0.15) is 4.98 Å². The number of rotatable bonds is 3. The lowest BCUT2D eigenvalue weighted by Crippen LogP contribution is -1.99. The summed E-state index contributed by atoms with van der Waals surface area (Å²) in [5.41, 5.74) is 4.17. The Morgan fingerprint density at radius 2 is 1.83 bits per heavy atom. The van der Waals surface area contributed by atoms with Gasteiger partial charge in [-0.25, -0.2) is 4.68 Å². The van der Waals surface area contributed by atoms with Gasteiger partial charge in [0.2, 0.25) is 5.82 Å². The van der Waals surface area contributed by atoms with Crippen molar-refractivity contribution in [3.63, 3.8) is 0 Å². The molecule has 4 aromatic rings. The van der Waals surface area contributed by atoms with Crippen molar-refractivity contribution in [2.24, 2.45) is 0 Å². The molecule has 0 saturated heterocycles. The smallest absolute Gasteiger partial charge is 0.276 e. The van der Waals surface area contributed by atoms with E-state index in [-0.39, 0.29) is 0 Å². The van der Waals surface area contributed by atoms with E-state index in [0.717, 1.165) is 11.4 Å². The molecule has 4 rings (SSSR count). The molecule has 0 fully saturated rings. The first kappa shape index (κ1) is 14.3. The van der Waals surface area contributed by atoms with Crippen LogP contribution < -0.4 is 0 Å². The van der Waals surface area contributed by atoms with Crippen molar-refractivity contribution in [2.45, 2.75) is 13.8 Å². The number of nitrogens with zero attached hydrogens (tertiary/aromatic N) is 6. The van der Waals surface area contributed by atoms with Gasteiger partial charge in [0.25, 0.3) is 5.89 Å². The van der Waals surface area contributed by atoms with Gasteiger partial charge >= 0.3 is 0 Å². The van der Waals surface area contributed by atoms with Crippen molar-refractivity contribution in [1.82, 2.24) is 30.1 Å². The van der Waals surface area contributed by atoms with E-state index in [0.29, 0.717) is 23.1 Å². The maximum absolute atomic E-state index is 5.29. The molecule has 0 aliphatic carbocycles. The van der Waals surface area contributed by atoms with Gasteiger partial charge in [-0.1, -0.05) is 34.1 Å². The second kappa shape index (κ2) is 5.69. The van der Waals surface area contributed by atoms with Gasteiger partial charge in [-0.15, -0.1) is 5.10 Å². The van der Waals surface area contributed by atoms with Crippen LogP contribution in [0.3, 0.4) is 0 Å². The summed E-state index contributed by atoms with van der Waals surface area (Å²) in [5, 5.41) is 12.4. The molecule has 7 nitrogen and oxygen atoms in total. The largest absolute Gasteiger partial charge is 0.332 e. The first-order valence-electron chi connectivity index (χ1n) is 7.47. The lowest BCUT2D eigenvalue weighted by Gasteiger charge is -2.03. The summed E-state index contributed by atoms with van der Waals surface area (Å²) >= 11 is 0. The fourth-order valence-electron chi connectivity index (χ4n) is 2.38. The third kappa shape index (κ3) is 2.45. The van der Waals surface area contributed by atoms with E-state index < -0.39 is 0 Å². The second-order valence-corrected chi connectivity index (χ2v) is 5.41. The van der Waals surface area contributed by atoms with Crippen molar-refractivity contribution < 1.29 is 4.52 Å². The number of pyridine rings is 1. The lowest BCUT2D eigenvalue weighted by molar-refractivity contribution is 0.430. The van der Waals surface area contributed by atoms with E-state index in [2.05, 4.69) is 25.4 Å². The Bertz CT molecular complexity index is 972. The molecule has 0 radical (unpaired) electrons. The number of hydrogen-bond donors (Lipinski definition) is 0. The molecule has 0 bridgehead atoms. The maximum atomic E-state index is 5.29. The summed E-state index contributed by atoms with van der Waals surface area (Å²) < 4.78 is 7.05. The highest BCUT2D eigenvalue weighted by atomic mass is 16.5. The zero-order valence-electron chi connectivity index (χ0n) is 13.2. The zero-order valence-corrected chi connectivity index (χ0v) is 13.2. The van der Waals surface area contributed by atoms with Crippen LogP contribution in [0.15, 0.2) is 53.2 Å². The molecule has 0 amide bonds. The normalized spacial score (nSPS) is 10.9. The third-order valence-corrected chi connectivity index (χ3v) is 3.69. The van der Waals surface area contributed by atoms with Crippen LogP contribution in [0, 0.1) is 13.8 Å². The van der Waals surface area contributed by atoms with Crippen molar-refractivity contribution in [3.05, 3.63) is 59.9 Å². The van der Waals surface area contributed by atoms with Gasteiger partial charge < -0.3 is 4.52 Å². The van der Waals surface area contributed by atoms with Crippen LogP contribution in [0.5, 0.6) is 0 Å². The van der Waals surface area contributed by atoms with Crippen molar-refractivity contribution >= 4 is 0 Å². The first-order valence-corrected chi connectivity index (χ1v) is 7.47. The molecule has 3 aromatic heterocycles. The average Bonchev–Trinajstić information content (AvgIpc) is 3.23. The summed E-state index contributed by atoms with van der Waals surface area (Å²) in [5.74, 6) is 0.751. The maximum Gasteiger partial charge on any atom is 0.276 e. The Hall–Kier alpha value is -3.35. The van der Waals surface area contributed by atoms with Crippen LogP contribution in [-0.4, -0.2) is 30.1 Å². The van der Waals surface area contributed by atoms with Crippen LogP contribution in [0.25, 0.3) is 28.8 Å². The first-order chi connectivity index (χ1) is 11.7. The monoisotopic (exact) mass is 318 g/mol. The highest BCUT2D eigenvalue weighted by Gasteiger charge is 2.18. The molecule has 0 atom stereocenters. The molecule has 0 saturated carbocycles. The molecule has 0 aliphatic rings. The van der Waals surface area contributed by atoms with Gasteiger partial charge in [0.1, 0.15) is 5.69 Å². The van der Waals surface area contributed by atoms with Gasteiger partial charge in [0.15, 0.2) is 5.69 Å².